The molecule has 0 saturated carbocycles. The maximum atomic E-state index is 13.4. The number of aromatic nitrogens is 3. The molecule has 1 amide bonds. The van der Waals surface area contributed by atoms with Gasteiger partial charge in [-0.1, -0.05) is 0 Å². The molecule has 7 nitrogen and oxygen atoms in total. The molecule has 0 bridgehead atoms. The monoisotopic (exact) mass is 393 g/mol. The minimum Gasteiger partial charge on any atom is -0.497 e. The summed E-state index contributed by atoms with van der Waals surface area (Å²) in [6.45, 7) is 8.91. The number of benzene rings is 1. The van der Waals surface area contributed by atoms with Gasteiger partial charge in [0.05, 0.1) is 12.7 Å². The van der Waals surface area contributed by atoms with Gasteiger partial charge in [0.15, 0.2) is 0 Å². The number of hydrogen-bond donors (Lipinski definition) is 0. The molecular weight excluding hydrogens is 366 g/mol. The van der Waals surface area contributed by atoms with Crippen molar-refractivity contribution in [1.29, 1.82) is 0 Å². The third kappa shape index (κ3) is 3.20. The Hall–Kier alpha value is -3.09. The number of amides is 1. The van der Waals surface area contributed by atoms with Crippen molar-refractivity contribution in [3.8, 4) is 5.75 Å². The second-order valence-corrected chi connectivity index (χ2v) is 7.59. The molecule has 1 aliphatic heterocycles. The van der Waals surface area contributed by atoms with E-state index in [-0.39, 0.29) is 5.91 Å². The number of anilines is 1. The summed E-state index contributed by atoms with van der Waals surface area (Å²) in [7, 11) is 3.65. The van der Waals surface area contributed by atoms with Crippen molar-refractivity contribution in [1.82, 2.24) is 19.4 Å². The standard InChI is InChI=1S/C22H27N5O2/c1-14-15(2)23-13-24-21(14)26-8-10-27(11-9-26)22(28)20-16(3)25(4)19-7-6-17(29-5)12-18(19)20/h6-7,12-13H,8-11H2,1-5H3. The number of fused-ring (bicyclic) bond motifs is 1. The smallest absolute Gasteiger partial charge is 0.256 e. The topological polar surface area (TPSA) is 63.5 Å². The molecule has 1 aliphatic rings. The van der Waals surface area contributed by atoms with Gasteiger partial charge in [-0.3, -0.25) is 4.79 Å². The molecule has 1 saturated heterocycles. The number of hydrogen-bond acceptors (Lipinski definition) is 5. The highest BCUT2D eigenvalue weighted by atomic mass is 16.5. The Balaban J connectivity index is 1.59. The minimum atomic E-state index is 0.0802. The fourth-order valence-electron chi connectivity index (χ4n) is 4.07. The van der Waals surface area contributed by atoms with E-state index >= 15 is 0 Å². The predicted octanol–water partition coefficient (Wildman–Crippen LogP) is 2.86. The second-order valence-electron chi connectivity index (χ2n) is 7.59. The van der Waals surface area contributed by atoms with Crippen molar-refractivity contribution in [2.45, 2.75) is 20.8 Å². The molecule has 0 atom stereocenters. The maximum absolute atomic E-state index is 13.4. The fourth-order valence-corrected chi connectivity index (χ4v) is 4.07. The van der Waals surface area contributed by atoms with Crippen molar-refractivity contribution in [2.24, 2.45) is 7.05 Å². The zero-order valence-corrected chi connectivity index (χ0v) is 17.7. The van der Waals surface area contributed by atoms with Crippen LogP contribution in [0, 0.1) is 20.8 Å². The quantitative estimate of drug-likeness (QED) is 0.685. The van der Waals surface area contributed by atoms with Gasteiger partial charge >= 0.3 is 0 Å². The molecule has 0 aliphatic carbocycles. The number of carbonyl (C=O) groups excluding carboxylic acids is 1. The van der Waals surface area contributed by atoms with Crippen molar-refractivity contribution >= 4 is 22.6 Å². The molecule has 3 aromatic rings. The summed E-state index contributed by atoms with van der Waals surface area (Å²) in [6, 6.07) is 5.90. The molecular formula is C22H27N5O2. The average Bonchev–Trinajstić information content (AvgIpc) is 2.99. The molecule has 2 aromatic heterocycles. The lowest BCUT2D eigenvalue weighted by Gasteiger charge is -2.36. The van der Waals surface area contributed by atoms with Crippen LogP contribution in [-0.2, 0) is 7.05 Å². The number of rotatable bonds is 3. The van der Waals surface area contributed by atoms with E-state index in [1.165, 1.54) is 0 Å². The van der Waals surface area contributed by atoms with Crippen LogP contribution in [0.4, 0.5) is 5.82 Å². The molecule has 4 rings (SSSR count). The van der Waals surface area contributed by atoms with Gasteiger partial charge in [0.1, 0.15) is 17.9 Å². The van der Waals surface area contributed by atoms with Crippen LogP contribution in [0.2, 0.25) is 0 Å². The van der Waals surface area contributed by atoms with Gasteiger partial charge in [0, 0.05) is 61.1 Å². The number of methoxy groups -OCH3 is 1. The van der Waals surface area contributed by atoms with Gasteiger partial charge in [-0.05, 0) is 39.0 Å². The highest BCUT2D eigenvalue weighted by Crippen LogP contribution is 2.30. The highest BCUT2D eigenvalue weighted by Gasteiger charge is 2.28. The number of nitrogens with zero attached hydrogens (tertiary/aromatic N) is 5. The zero-order valence-electron chi connectivity index (χ0n) is 17.7. The zero-order chi connectivity index (χ0) is 20.7. The van der Waals surface area contributed by atoms with E-state index in [2.05, 4.69) is 26.4 Å². The molecule has 152 valence electrons. The Morgan fingerprint density at radius 3 is 2.48 bits per heavy atom. The van der Waals surface area contributed by atoms with Crippen LogP contribution in [0.3, 0.4) is 0 Å². The van der Waals surface area contributed by atoms with E-state index in [1.807, 2.05) is 44.0 Å². The largest absolute Gasteiger partial charge is 0.497 e. The molecule has 0 radical (unpaired) electrons. The van der Waals surface area contributed by atoms with Gasteiger partial charge in [-0.25, -0.2) is 9.97 Å². The summed E-state index contributed by atoms with van der Waals surface area (Å²) in [5.41, 5.74) is 4.88. The predicted molar refractivity (Wildman–Crippen MR) is 114 cm³/mol. The summed E-state index contributed by atoms with van der Waals surface area (Å²) < 4.78 is 7.46. The molecule has 0 spiro atoms. The maximum Gasteiger partial charge on any atom is 0.256 e. The lowest BCUT2D eigenvalue weighted by atomic mass is 10.1. The Labute approximate surface area is 170 Å². The lowest BCUT2D eigenvalue weighted by Crippen LogP contribution is -2.49. The molecule has 3 heterocycles. The van der Waals surface area contributed by atoms with Gasteiger partial charge in [0.2, 0.25) is 0 Å². The summed E-state index contributed by atoms with van der Waals surface area (Å²) in [5.74, 6) is 1.81. The number of carbonyl (C=O) groups is 1. The van der Waals surface area contributed by atoms with Crippen molar-refractivity contribution in [2.75, 3.05) is 38.2 Å². The lowest BCUT2D eigenvalue weighted by molar-refractivity contribution is 0.0747. The van der Waals surface area contributed by atoms with Gasteiger partial charge in [-0.15, -0.1) is 0 Å². The summed E-state index contributed by atoms with van der Waals surface area (Å²) >= 11 is 0. The molecule has 0 N–H and O–H groups in total. The summed E-state index contributed by atoms with van der Waals surface area (Å²) in [6.07, 6.45) is 1.61. The van der Waals surface area contributed by atoms with Crippen molar-refractivity contribution in [3.63, 3.8) is 0 Å². The van der Waals surface area contributed by atoms with Crippen LogP contribution in [0.5, 0.6) is 5.75 Å². The van der Waals surface area contributed by atoms with E-state index in [0.717, 1.165) is 58.1 Å². The normalized spacial score (nSPS) is 14.5. The Bertz CT molecular complexity index is 1080. The fraction of sp³-hybridized carbons (Fsp3) is 0.409. The third-order valence-electron chi connectivity index (χ3n) is 6.09. The van der Waals surface area contributed by atoms with Crippen LogP contribution >= 0.6 is 0 Å². The van der Waals surface area contributed by atoms with E-state index in [9.17, 15) is 4.79 Å². The summed E-state index contributed by atoms with van der Waals surface area (Å²) in [4.78, 5) is 26.3. The van der Waals surface area contributed by atoms with Gasteiger partial charge < -0.3 is 19.1 Å². The minimum absolute atomic E-state index is 0.0802. The van der Waals surface area contributed by atoms with Crippen LogP contribution < -0.4 is 9.64 Å². The third-order valence-corrected chi connectivity index (χ3v) is 6.09. The van der Waals surface area contributed by atoms with Gasteiger partial charge in [0.25, 0.3) is 5.91 Å². The average molecular weight is 393 g/mol. The first-order chi connectivity index (χ1) is 13.9. The first-order valence-electron chi connectivity index (χ1n) is 9.87. The molecule has 1 aromatic carbocycles. The molecule has 0 unspecified atom stereocenters. The Morgan fingerprint density at radius 2 is 1.79 bits per heavy atom. The number of ether oxygens (including phenoxy) is 1. The van der Waals surface area contributed by atoms with Crippen LogP contribution in [0.25, 0.3) is 10.9 Å². The summed E-state index contributed by atoms with van der Waals surface area (Å²) in [5, 5.41) is 0.944. The van der Waals surface area contributed by atoms with E-state index in [1.54, 1.807) is 13.4 Å². The van der Waals surface area contributed by atoms with E-state index < -0.39 is 0 Å². The van der Waals surface area contributed by atoms with Gasteiger partial charge in [-0.2, -0.15) is 0 Å². The van der Waals surface area contributed by atoms with Crippen molar-refractivity contribution in [3.05, 3.63) is 47.0 Å². The molecule has 1 fully saturated rings. The number of piperazine rings is 1. The van der Waals surface area contributed by atoms with E-state index in [4.69, 9.17) is 4.74 Å². The van der Waals surface area contributed by atoms with Crippen LogP contribution in [0.15, 0.2) is 24.5 Å². The number of aryl methyl sites for hydroxylation is 2. The Morgan fingerprint density at radius 1 is 1.07 bits per heavy atom. The second kappa shape index (κ2) is 7.39. The van der Waals surface area contributed by atoms with Crippen LogP contribution in [0.1, 0.15) is 27.3 Å². The Kier molecular flexibility index (Phi) is 4.90. The first kappa shape index (κ1) is 19.2. The SMILES string of the molecule is COc1ccc2c(c1)c(C(=O)N1CCN(c3ncnc(C)c3C)CC1)c(C)n2C. The molecule has 7 heteroatoms. The first-order valence-corrected chi connectivity index (χ1v) is 9.87. The van der Waals surface area contributed by atoms with E-state index in [0.29, 0.717) is 13.1 Å². The van der Waals surface area contributed by atoms with Crippen LogP contribution in [-0.4, -0.2) is 58.6 Å². The highest BCUT2D eigenvalue weighted by molar-refractivity contribution is 6.08. The molecule has 29 heavy (non-hydrogen) atoms. The van der Waals surface area contributed by atoms with Crippen molar-refractivity contribution < 1.29 is 9.53 Å².